The van der Waals surface area contributed by atoms with E-state index in [1.165, 1.54) is 32.6 Å². The average molecular weight is 431 g/mol. The van der Waals surface area contributed by atoms with Crippen molar-refractivity contribution < 1.29 is 0 Å². The van der Waals surface area contributed by atoms with Crippen molar-refractivity contribution in [2.45, 2.75) is 78.6 Å². The van der Waals surface area contributed by atoms with Crippen molar-refractivity contribution in [2.24, 2.45) is 0 Å². The topological polar surface area (TPSA) is 0 Å². The van der Waals surface area contributed by atoms with Crippen molar-refractivity contribution in [3.05, 3.63) is 89.5 Å². The highest BCUT2D eigenvalue weighted by molar-refractivity contribution is 7.80. The van der Waals surface area contributed by atoms with Crippen molar-refractivity contribution in [3.63, 3.8) is 0 Å². The minimum atomic E-state index is -0.701. The number of rotatable bonds is 3. The van der Waals surface area contributed by atoms with Gasteiger partial charge in [0.05, 0.1) is 0 Å². The standard InChI is InChI=1S/C30H39P/c1-28(2,3)22-16-10-13-19-25(22)31(26-20-14-11-17-23(26)29(4,5)6)27-21-15-12-18-24(27)30(7,8)9/h10-21H,1-9H3. The Morgan fingerprint density at radius 2 is 0.613 bits per heavy atom. The van der Waals surface area contributed by atoms with E-state index in [9.17, 15) is 0 Å². The van der Waals surface area contributed by atoms with Gasteiger partial charge < -0.3 is 0 Å². The van der Waals surface area contributed by atoms with Crippen LogP contribution in [0.5, 0.6) is 0 Å². The summed E-state index contributed by atoms with van der Waals surface area (Å²) in [7, 11) is -0.701. The van der Waals surface area contributed by atoms with E-state index >= 15 is 0 Å². The van der Waals surface area contributed by atoms with E-state index in [0.29, 0.717) is 0 Å². The van der Waals surface area contributed by atoms with Crippen LogP contribution in [0.2, 0.25) is 0 Å². The summed E-state index contributed by atoms with van der Waals surface area (Å²) in [5.74, 6) is 0. The van der Waals surface area contributed by atoms with Gasteiger partial charge >= 0.3 is 0 Å². The van der Waals surface area contributed by atoms with Gasteiger partial charge in [0.1, 0.15) is 0 Å². The van der Waals surface area contributed by atoms with Crippen LogP contribution >= 0.6 is 7.92 Å². The number of hydrogen-bond acceptors (Lipinski definition) is 0. The van der Waals surface area contributed by atoms with Gasteiger partial charge in [-0.05, 0) is 56.8 Å². The molecule has 0 aliphatic carbocycles. The van der Waals surface area contributed by atoms with Crippen LogP contribution in [0.25, 0.3) is 0 Å². The Balaban J connectivity index is 2.44. The largest absolute Gasteiger partial charge is 0.0619 e. The molecule has 0 fully saturated rings. The van der Waals surface area contributed by atoms with Crippen LogP contribution in [-0.2, 0) is 16.2 Å². The zero-order valence-electron chi connectivity index (χ0n) is 20.9. The Bertz CT molecular complexity index is 902. The molecule has 0 bridgehead atoms. The van der Waals surface area contributed by atoms with Gasteiger partial charge in [0.15, 0.2) is 0 Å². The molecule has 0 aromatic heterocycles. The average Bonchev–Trinajstić information content (AvgIpc) is 2.67. The van der Waals surface area contributed by atoms with Gasteiger partial charge in [-0.2, -0.15) is 0 Å². The number of benzene rings is 3. The fraction of sp³-hybridized carbons (Fsp3) is 0.400. The van der Waals surface area contributed by atoms with Crippen molar-refractivity contribution in [1.29, 1.82) is 0 Å². The second kappa shape index (κ2) is 8.55. The highest BCUT2D eigenvalue weighted by Gasteiger charge is 2.31. The van der Waals surface area contributed by atoms with E-state index in [1.807, 2.05) is 0 Å². The smallest absolute Gasteiger partial charge is 0.0114 e. The summed E-state index contributed by atoms with van der Waals surface area (Å²) in [5, 5.41) is 4.45. The summed E-state index contributed by atoms with van der Waals surface area (Å²) in [6.07, 6.45) is 0. The summed E-state index contributed by atoms with van der Waals surface area (Å²) < 4.78 is 0. The summed E-state index contributed by atoms with van der Waals surface area (Å²) in [5.41, 5.74) is 4.62. The highest BCUT2D eigenvalue weighted by atomic mass is 31.1. The molecule has 0 saturated heterocycles. The van der Waals surface area contributed by atoms with Gasteiger partial charge in [0.2, 0.25) is 0 Å². The minimum absolute atomic E-state index is 0.0878. The Morgan fingerprint density at radius 1 is 0.387 bits per heavy atom. The van der Waals surface area contributed by atoms with Crippen LogP contribution in [-0.4, -0.2) is 0 Å². The predicted molar refractivity (Wildman–Crippen MR) is 141 cm³/mol. The van der Waals surface area contributed by atoms with Crippen LogP contribution in [0.3, 0.4) is 0 Å². The normalized spacial score (nSPS) is 13.0. The minimum Gasteiger partial charge on any atom is -0.0619 e. The van der Waals surface area contributed by atoms with E-state index in [0.717, 1.165) is 0 Å². The fourth-order valence-electron chi connectivity index (χ4n) is 4.30. The lowest BCUT2D eigenvalue weighted by Gasteiger charge is -2.34. The maximum atomic E-state index is 2.38. The molecule has 0 heterocycles. The van der Waals surface area contributed by atoms with Crippen LogP contribution in [0.1, 0.15) is 79.0 Å². The molecule has 3 aromatic carbocycles. The molecule has 0 N–H and O–H groups in total. The third-order valence-corrected chi connectivity index (χ3v) is 8.47. The van der Waals surface area contributed by atoms with Crippen molar-refractivity contribution in [2.75, 3.05) is 0 Å². The van der Waals surface area contributed by atoms with Gasteiger partial charge in [-0.1, -0.05) is 135 Å². The Hall–Kier alpha value is -1.91. The quantitative estimate of drug-likeness (QED) is 0.381. The molecule has 3 aromatic rings. The lowest BCUT2D eigenvalue weighted by molar-refractivity contribution is 0.593. The molecule has 3 rings (SSSR count). The molecule has 0 aliphatic rings. The first-order chi connectivity index (χ1) is 14.3. The van der Waals surface area contributed by atoms with Gasteiger partial charge in [-0.15, -0.1) is 0 Å². The van der Waals surface area contributed by atoms with Crippen molar-refractivity contribution in [3.8, 4) is 0 Å². The second-order valence-electron chi connectivity index (χ2n) is 11.6. The number of hydrogen-bond donors (Lipinski definition) is 0. The van der Waals surface area contributed by atoms with Gasteiger partial charge in [0.25, 0.3) is 0 Å². The fourth-order valence-corrected chi connectivity index (χ4v) is 7.73. The van der Waals surface area contributed by atoms with Crippen molar-refractivity contribution in [1.82, 2.24) is 0 Å². The predicted octanol–water partition coefficient (Wildman–Crippen LogP) is 7.34. The van der Waals surface area contributed by atoms with Crippen molar-refractivity contribution >= 4 is 23.8 Å². The summed E-state index contributed by atoms with van der Waals surface area (Å²) in [4.78, 5) is 0. The molecule has 164 valence electrons. The molecule has 0 aliphatic heterocycles. The van der Waals surface area contributed by atoms with Crippen LogP contribution < -0.4 is 15.9 Å². The van der Waals surface area contributed by atoms with E-state index in [2.05, 4.69) is 135 Å². The third kappa shape index (κ3) is 5.12. The van der Waals surface area contributed by atoms with E-state index < -0.39 is 7.92 Å². The molecule has 31 heavy (non-hydrogen) atoms. The Kier molecular flexibility index (Phi) is 6.55. The van der Waals surface area contributed by atoms with Crippen LogP contribution in [0, 0.1) is 0 Å². The van der Waals surface area contributed by atoms with Crippen LogP contribution in [0.4, 0.5) is 0 Å². The first-order valence-corrected chi connectivity index (χ1v) is 12.7. The SMILES string of the molecule is CC(C)(C)c1ccccc1P(c1ccccc1C(C)(C)C)c1ccccc1C(C)(C)C. The van der Waals surface area contributed by atoms with E-state index in [-0.39, 0.29) is 16.2 Å². The molecular formula is C30H39P. The molecular weight excluding hydrogens is 391 g/mol. The third-order valence-electron chi connectivity index (χ3n) is 5.86. The molecule has 0 nitrogen and oxygen atoms in total. The molecule has 0 saturated carbocycles. The van der Waals surface area contributed by atoms with E-state index in [4.69, 9.17) is 0 Å². The molecule has 0 spiro atoms. The first-order valence-electron chi connectivity index (χ1n) is 11.4. The summed E-state index contributed by atoms with van der Waals surface area (Å²) >= 11 is 0. The van der Waals surface area contributed by atoms with Gasteiger partial charge in [-0.25, -0.2) is 0 Å². The second-order valence-corrected chi connectivity index (χ2v) is 13.8. The zero-order chi connectivity index (χ0) is 23.0. The maximum Gasteiger partial charge on any atom is -0.0114 e. The highest BCUT2D eigenvalue weighted by Crippen LogP contribution is 2.42. The van der Waals surface area contributed by atoms with E-state index in [1.54, 1.807) is 0 Å². The molecule has 0 radical (unpaired) electrons. The zero-order valence-corrected chi connectivity index (χ0v) is 21.8. The molecule has 0 amide bonds. The molecule has 0 atom stereocenters. The van der Waals surface area contributed by atoms with Crippen LogP contribution in [0.15, 0.2) is 72.8 Å². The molecule has 1 heteroatoms. The summed E-state index contributed by atoms with van der Waals surface area (Å²) in [6.45, 7) is 21.0. The lowest BCUT2D eigenvalue weighted by atomic mass is 9.87. The first kappa shape index (κ1) is 23.7. The Morgan fingerprint density at radius 3 is 0.839 bits per heavy atom. The maximum absolute atomic E-state index is 2.38. The molecule has 0 unspecified atom stereocenters. The lowest BCUT2D eigenvalue weighted by Crippen LogP contribution is -2.34. The van der Waals surface area contributed by atoms with Gasteiger partial charge in [-0.3, -0.25) is 0 Å². The Labute approximate surface area is 191 Å². The summed E-state index contributed by atoms with van der Waals surface area (Å²) in [6, 6.07) is 27.4. The monoisotopic (exact) mass is 430 g/mol. The van der Waals surface area contributed by atoms with Gasteiger partial charge in [0, 0.05) is 0 Å².